The van der Waals surface area contributed by atoms with Crippen LogP contribution in [0, 0.1) is 17.8 Å². The van der Waals surface area contributed by atoms with Gasteiger partial charge in [-0.15, -0.1) is 6.58 Å². The van der Waals surface area contributed by atoms with Crippen molar-refractivity contribution in [3.8, 4) is 0 Å². The lowest BCUT2D eigenvalue weighted by molar-refractivity contribution is -0.125. The molecule has 0 spiro atoms. The first kappa shape index (κ1) is 12.9. The number of Topliss-reactive ketones (excluding diaryl/α,β-unsaturated/α-hetero) is 1. The fraction of sp³-hybridized carbons (Fsp3) is 0.812. The molecule has 3 atom stereocenters. The van der Waals surface area contributed by atoms with Gasteiger partial charge < -0.3 is 0 Å². The predicted molar refractivity (Wildman–Crippen MR) is 71.8 cm³/mol. The van der Waals surface area contributed by atoms with E-state index in [1.807, 2.05) is 6.08 Å². The first-order valence-corrected chi connectivity index (χ1v) is 7.45. The summed E-state index contributed by atoms with van der Waals surface area (Å²) in [5.41, 5.74) is 0. The third-order valence-electron chi connectivity index (χ3n) is 4.83. The number of hydrogen-bond donors (Lipinski definition) is 0. The topological polar surface area (TPSA) is 17.1 Å². The summed E-state index contributed by atoms with van der Waals surface area (Å²) < 4.78 is 0. The molecule has 1 nitrogen and oxygen atoms in total. The Labute approximate surface area is 106 Å². The summed E-state index contributed by atoms with van der Waals surface area (Å²) in [6.07, 6.45) is 14.1. The summed E-state index contributed by atoms with van der Waals surface area (Å²) >= 11 is 0. The average molecular weight is 234 g/mol. The number of unbranched alkanes of at least 4 members (excludes halogenated alkanes) is 1. The maximum absolute atomic E-state index is 12.1. The fourth-order valence-corrected chi connectivity index (χ4v) is 3.79. The van der Waals surface area contributed by atoms with E-state index in [1.165, 1.54) is 44.9 Å². The van der Waals surface area contributed by atoms with Crippen molar-refractivity contribution in [3.05, 3.63) is 12.7 Å². The van der Waals surface area contributed by atoms with Crippen LogP contribution in [0.25, 0.3) is 0 Å². The van der Waals surface area contributed by atoms with Gasteiger partial charge in [0.05, 0.1) is 0 Å². The van der Waals surface area contributed by atoms with E-state index in [-0.39, 0.29) is 0 Å². The van der Waals surface area contributed by atoms with E-state index in [0.717, 1.165) is 31.1 Å². The molecule has 2 aliphatic carbocycles. The zero-order valence-electron chi connectivity index (χ0n) is 11.0. The summed E-state index contributed by atoms with van der Waals surface area (Å²) in [4.78, 5) is 12.1. The highest BCUT2D eigenvalue weighted by Crippen LogP contribution is 2.43. The number of hydrogen-bond acceptors (Lipinski definition) is 1. The highest BCUT2D eigenvalue weighted by atomic mass is 16.1. The van der Waals surface area contributed by atoms with Crippen LogP contribution < -0.4 is 0 Å². The number of ketones is 1. The zero-order chi connectivity index (χ0) is 12.1. The van der Waals surface area contributed by atoms with E-state index in [0.29, 0.717) is 11.7 Å². The molecule has 0 N–H and O–H groups in total. The monoisotopic (exact) mass is 234 g/mol. The van der Waals surface area contributed by atoms with Crippen molar-refractivity contribution in [2.45, 2.75) is 64.2 Å². The molecule has 96 valence electrons. The Morgan fingerprint density at radius 1 is 1.12 bits per heavy atom. The molecular weight excluding hydrogens is 208 g/mol. The Morgan fingerprint density at radius 3 is 2.65 bits per heavy atom. The van der Waals surface area contributed by atoms with Crippen molar-refractivity contribution < 1.29 is 4.79 Å². The molecule has 0 saturated heterocycles. The van der Waals surface area contributed by atoms with Gasteiger partial charge in [-0.05, 0) is 43.9 Å². The molecule has 17 heavy (non-hydrogen) atoms. The molecule has 2 rings (SSSR count). The number of fused-ring (bicyclic) bond motifs is 1. The fourth-order valence-electron chi connectivity index (χ4n) is 3.79. The Kier molecular flexibility index (Phi) is 4.82. The number of rotatable bonds is 5. The van der Waals surface area contributed by atoms with Crippen molar-refractivity contribution in [1.82, 2.24) is 0 Å². The van der Waals surface area contributed by atoms with Crippen LogP contribution >= 0.6 is 0 Å². The van der Waals surface area contributed by atoms with E-state index >= 15 is 0 Å². The van der Waals surface area contributed by atoms with Crippen molar-refractivity contribution in [2.75, 3.05) is 0 Å². The Hall–Kier alpha value is -0.590. The van der Waals surface area contributed by atoms with Crippen molar-refractivity contribution in [2.24, 2.45) is 17.8 Å². The first-order chi connectivity index (χ1) is 8.31. The van der Waals surface area contributed by atoms with Gasteiger partial charge in [-0.3, -0.25) is 4.79 Å². The summed E-state index contributed by atoms with van der Waals surface area (Å²) in [7, 11) is 0. The number of allylic oxidation sites excluding steroid dienone is 1. The van der Waals surface area contributed by atoms with Crippen LogP contribution in [0.4, 0.5) is 0 Å². The highest BCUT2D eigenvalue weighted by molar-refractivity contribution is 5.81. The lowest BCUT2D eigenvalue weighted by Gasteiger charge is -2.38. The Bertz CT molecular complexity index is 269. The van der Waals surface area contributed by atoms with E-state index in [9.17, 15) is 4.79 Å². The van der Waals surface area contributed by atoms with Crippen LogP contribution in [-0.2, 0) is 4.79 Å². The minimum atomic E-state index is 0.402. The first-order valence-electron chi connectivity index (χ1n) is 7.45. The summed E-state index contributed by atoms with van der Waals surface area (Å²) in [6.45, 7) is 3.71. The quantitative estimate of drug-likeness (QED) is 0.505. The van der Waals surface area contributed by atoms with Crippen LogP contribution in [0.15, 0.2) is 12.7 Å². The largest absolute Gasteiger partial charge is 0.299 e. The van der Waals surface area contributed by atoms with E-state index in [1.54, 1.807) is 0 Å². The summed E-state index contributed by atoms with van der Waals surface area (Å²) in [5.74, 6) is 2.78. The normalized spacial score (nSPS) is 32.8. The minimum Gasteiger partial charge on any atom is -0.299 e. The van der Waals surface area contributed by atoms with Gasteiger partial charge in [0.1, 0.15) is 5.78 Å². The molecule has 0 aliphatic heterocycles. The summed E-state index contributed by atoms with van der Waals surface area (Å²) in [6, 6.07) is 0. The third-order valence-corrected chi connectivity index (χ3v) is 4.83. The number of carbonyl (C=O) groups is 1. The molecule has 0 bridgehead atoms. The van der Waals surface area contributed by atoms with Gasteiger partial charge in [0.25, 0.3) is 0 Å². The van der Waals surface area contributed by atoms with E-state index in [4.69, 9.17) is 0 Å². The molecule has 3 unspecified atom stereocenters. The van der Waals surface area contributed by atoms with Crippen molar-refractivity contribution in [3.63, 3.8) is 0 Å². The lowest BCUT2D eigenvalue weighted by Crippen LogP contribution is -2.31. The van der Waals surface area contributed by atoms with Gasteiger partial charge >= 0.3 is 0 Å². The number of carbonyl (C=O) groups excluding carboxylic acids is 1. The lowest BCUT2D eigenvalue weighted by atomic mass is 9.66. The molecule has 1 heteroatoms. The molecule has 0 heterocycles. The second kappa shape index (κ2) is 6.37. The molecular formula is C16H26O. The SMILES string of the molecule is C=CCCCC(=O)C1CCC2CCCCC2C1. The highest BCUT2D eigenvalue weighted by Gasteiger charge is 2.34. The van der Waals surface area contributed by atoms with Gasteiger partial charge in [0.2, 0.25) is 0 Å². The van der Waals surface area contributed by atoms with E-state index in [2.05, 4.69) is 6.58 Å². The molecule has 0 aromatic carbocycles. The molecule has 2 fully saturated rings. The maximum Gasteiger partial charge on any atom is 0.135 e. The second-order valence-electron chi connectivity index (χ2n) is 5.96. The molecule has 0 amide bonds. The smallest absolute Gasteiger partial charge is 0.135 e. The molecule has 2 aliphatic rings. The van der Waals surface area contributed by atoms with Crippen LogP contribution in [0.3, 0.4) is 0 Å². The van der Waals surface area contributed by atoms with Gasteiger partial charge in [0, 0.05) is 12.3 Å². The molecule has 0 aromatic heterocycles. The van der Waals surface area contributed by atoms with Gasteiger partial charge in [-0.2, -0.15) is 0 Å². The van der Waals surface area contributed by atoms with Crippen LogP contribution in [0.5, 0.6) is 0 Å². The van der Waals surface area contributed by atoms with Crippen molar-refractivity contribution in [1.29, 1.82) is 0 Å². The standard InChI is InChI=1S/C16H26O/c1-2-3-4-9-16(17)15-11-10-13-7-5-6-8-14(13)12-15/h2,13-15H,1,3-12H2. The zero-order valence-corrected chi connectivity index (χ0v) is 11.0. The van der Waals surface area contributed by atoms with E-state index < -0.39 is 0 Å². The molecule has 0 radical (unpaired) electrons. The van der Waals surface area contributed by atoms with Crippen LogP contribution in [0.1, 0.15) is 64.2 Å². The van der Waals surface area contributed by atoms with Gasteiger partial charge in [0.15, 0.2) is 0 Å². The van der Waals surface area contributed by atoms with Gasteiger partial charge in [-0.25, -0.2) is 0 Å². The Balaban J connectivity index is 1.78. The summed E-state index contributed by atoms with van der Waals surface area (Å²) in [5, 5.41) is 0. The minimum absolute atomic E-state index is 0.402. The predicted octanol–water partition coefficient (Wildman–Crippen LogP) is 4.52. The average Bonchev–Trinajstić information content (AvgIpc) is 2.38. The van der Waals surface area contributed by atoms with Crippen LogP contribution in [0.2, 0.25) is 0 Å². The van der Waals surface area contributed by atoms with Crippen molar-refractivity contribution >= 4 is 5.78 Å². The Morgan fingerprint density at radius 2 is 1.88 bits per heavy atom. The second-order valence-corrected chi connectivity index (χ2v) is 5.96. The van der Waals surface area contributed by atoms with Gasteiger partial charge in [-0.1, -0.05) is 31.8 Å². The maximum atomic E-state index is 12.1. The molecule has 2 saturated carbocycles. The van der Waals surface area contributed by atoms with Crippen LogP contribution in [-0.4, -0.2) is 5.78 Å². The molecule has 0 aromatic rings. The third kappa shape index (κ3) is 3.43.